The number of halogens is 2. The molecule has 0 spiro atoms. The maximum atomic E-state index is 15.0. The monoisotopic (exact) mass is 350 g/mol. The standard InChI is InChI=1S/C18H20F2N2OS/c1-17(18(19,20)14-4-6-21-7-5-14)16(23)22-15(24-17)10-13-9-11-2-3-12(13)8-11/h4-7,11-13H,2-3,8-10H2,1H3. The molecule has 1 aromatic heterocycles. The van der Waals surface area contributed by atoms with Crippen LogP contribution in [0.3, 0.4) is 0 Å². The van der Waals surface area contributed by atoms with Gasteiger partial charge in [0.25, 0.3) is 11.8 Å². The molecule has 1 aromatic rings. The van der Waals surface area contributed by atoms with Crippen molar-refractivity contribution in [2.75, 3.05) is 0 Å². The van der Waals surface area contributed by atoms with Crippen LogP contribution in [0.1, 0.15) is 44.6 Å². The van der Waals surface area contributed by atoms with Crippen LogP contribution in [-0.2, 0) is 10.7 Å². The Morgan fingerprint density at radius 3 is 2.67 bits per heavy atom. The Hall–Kier alpha value is -1.30. The topological polar surface area (TPSA) is 42.3 Å². The van der Waals surface area contributed by atoms with Crippen LogP contribution >= 0.6 is 11.8 Å². The molecular formula is C18H20F2N2OS. The minimum absolute atomic E-state index is 0.183. The van der Waals surface area contributed by atoms with E-state index in [2.05, 4.69) is 9.98 Å². The van der Waals surface area contributed by atoms with E-state index in [9.17, 15) is 13.6 Å². The first-order chi connectivity index (χ1) is 11.4. The van der Waals surface area contributed by atoms with Gasteiger partial charge in [-0.2, -0.15) is 8.78 Å². The van der Waals surface area contributed by atoms with E-state index in [1.807, 2.05) is 0 Å². The summed E-state index contributed by atoms with van der Waals surface area (Å²) in [5.74, 6) is -1.99. The summed E-state index contributed by atoms with van der Waals surface area (Å²) in [5.41, 5.74) is -0.183. The van der Waals surface area contributed by atoms with Crippen molar-refractivity contribution in [3.8, 4) is 0 Å². The van der Waals surface area contributed by atoms with Crippen LogP contribution in [0.5, 0.6) is 0 Å². The Balaban J connectivity index is 1.52. The number of pyridine rings is 1. The number of rotatable bonds is 4. The molecule has 2 heterocycles. The first-order valence-corrected chi connectivity index (χ1v) is 9.31. The second-order valence-corrected chi connectivity index (χ2v) is 8.89. The van der Waals surface area contributed by atoms with Gasteiger partial charge >= 0.3 is 0 Å². The molecular weight excluding hydrogens is 330 g/mol. The largest absolute Gasteiger partial charge is 0.296 e. The summed E-state index contributed by atoms with van der Waals surface area (Å²) in [6.07, 6.45) is 8.31. The van der Waals surface area contributed by atoms with Gasteiger partial charge in [0.05, 0.1) is 5.04 Å². The number of aromatic nitrogens is 1. The van der Waals surface area contributed by atoms with Gasteiger partial charge in [0, 0.05) is 18.0 Å². The number of hydrogen-bond donors (Lipinski definition) is 0. The lowest BCUT2D eigenvalue weighted by Gasteiger charge is -2.31. The summed E-state index contributed by atoms with van der Waals surface area (Å²) in [6, 6.07) is 2.54. The van der Waals surface area contributed by atoms with Gasteiger partial charge in [-0.25, -0.2) is 4.99 Å². The number of carbonyl (C=O) groups excluding carboxylic acids is 1. The van der Waals surface area contributed by atoms with Crippen molar-refractivity contribution in [3.63, 3.8) is 0 Å². The van der Waals surface area contributed by atoms with Crippen molar-refractivity contribution in [3.05, 3.63) is 30.1 Å². The van der Waals surface area contributed by atoms with Crippen molar-refractivity contribution < 1.29 is 13.6 Å². The maximum Gasteiger partial charge on any atom is 0.296 e. The lowest BCUT2D eigenvalue weighted by molar-refractivity contribution is -0.130. The van der Waals surface area contributed by atoms with Crippen LogP contribution < -0.4 is 0 Å². The van der Waals surface area contributed by atoms with Gasteiger partial charge in [0.15, 0.2) is 4.75 Å². The van der Waals surface area contributed by atoms with E-state index in [-0.39, 0.29) is 5.56 Å². The van der Waals surface area contributed by atoms with Crippen LogP contribution in [0.25, 0.3) is 0 Å². The Morgan fingerprint density at radius 2 is 2.04 bits per heavy atom. The Morgan fingerprint density at radius 1 is 1.29 bits per heavy atom. The van der Waals surface area contributed by atoms with E-state index in [4.69, 9.17) is 0 Å². The van der Waals surface area contributed by atoms with Crippen LogP contribution in [0.15, 0.2) is 29.5 Å². The minimum atomic E-state index is -3.28. The minimum Gasteiger partial charge on any atom is -0.271 e. The van der Waals surface area contributed by atoms with Crippen LogP contribution in [0.2, 0.25) is 0 Å². The molecule has 2 saturated carbocycles. The van der Waals surface area contributed by atoms with E-state index < -0.39 is 16.6 Å². The molecule has 3 aliphatic rings. The van der Waals surface area contributed by atoms with E-state index >= 15 is 0 Å². The summed E-state index contributed by atoms with van der Waals surface area (Å²) in [7, 11) is 0. The smallest absolute Gasteiger partial charge is 0.271 e. The molecule has 0 aromatic carbocycles. The van der Waals surface area contributed by atoms with Crippen molar-refractivity contribution in [1.29, 1.82) is 0 Å². The highest BCUT2D eigenvalue weighted by molar-refractivity contribution is 8.16. The number of aliphatic imine (C=N–C) groups is 1. The van der Waals surface area contributed by atoms with Crippen molar-refractivity contribution in [1.82, 2.24) is 4.98 Å². The van der Waals surface area contributed by atoms with Crippen molar-refractivity contribution in [2.45, 2.75) is 49.7 Å². The van der Waals surface area contributed by atoms with Gasteiger partial charge in [0.1, 0.15) is 0 Å². The van der Waals surface area contributed by atoms with Crippen LogP contribution in [-0.4, -0.2) is 20.7 Å². The lowest BCUT2D eigenvalue weighted by Crippen LogP contribution is -2.44. The number of carbonyl (C=O) groups is 1. The molecule has 0 saturated heterocycles. The number of alkyl halides is 2. The van der Waals surface area contributed by atoms with Crippen molar-refractivity contribution in [2.24, 2.45) is 22.7 Å². The molecule has 3 nitrogen and oxygen atoms in total. The molecule has 1 aliphatic heterocycles. The van der Waals surface area contributed by atoms with Crippen LogP contribution in [0, 0.1) is 17.8 Å². The first kappa shape index (κ1) is 16.2. The quantitative estimate of drug-likeness (QED) is 0.807. The van der Waals surface area contributed by atoms with E-state index in [0.717, 1.165) is 24.1 Å². The SMILES string of the molecule is CC1(C(F)(F)c2ccncc2)SC(CC2CC3CCC2C3)=NC1=O. The Kier molecular flexibility index (Phi) is 3.79. The highest BCUT2D eigenvalue weighted by Crippen LogP contribution is 2.54. The summed E-state index contributed by atoms with van der Waals surface area (Å²) >= 11 is 0.967. The molecule has 0 N–H and O–H groups in total. The normalized spacial score (nSPS) is 35.5. The summed E-state index contributed by atoms with van der Waals surface area (Å²) in [6.45, 7) is 1.32. The molecule has 4 unspecified atom stereocenters. The number of nitrogens with zero attached hydrogens (tertiary/aromatic N) is 2. The van der Waals surface area contributed by atoms with E-state index in [1.54, 1.807) is 0 Å². The van der Waals surface area contributed by atoms with Gasteiger partial charge in [-0.05, 0) is 62.5 Å². The van der Waals surface area contributed by atoms with E-state index in [1.165, 1.54) is 50.7 Å². The molecule has 1 amide bonds. The molecule has 24 heavy (non-hydrogen) atoms. The van der Waals surface area contributed by atoms with Gasteiger partial charge in [0.2, 0.25) is 0 Å². The third-order valence-electron chi connectivity index (χ3n) is 5.92. The molecule has 2 fully saturated rings. The zero-order chi connectivity index (χ0) is 16.9. The third-order valence-corrected chi connectivity index (χ3v) is 7.25. The molecule has 0 radical (unpaired) electrons. The number of amides is 1. The number of thioether (sulfide) groups is 1. The lowest BCUT2D eigenvalue weighted by atomic mass is 9.87. The average molecular weight is 350 g/mol. The van der Waals surface area contributed by atoms with Gasteiger partial charge < -0.3 is 0 Å². The van der Waals surface area contributed by atoms with Gasteiger partial charge in [-0.1, -0.05) is 18.2 Å². The highest BCUT2D eigenvalue weighted by Gasteiger charge is 2.60. The fourth-order valence-corrected chi connectivity index (χ4v) is 5.77. The Bertz CT molecular complexity index is 694. The predicted octanol–water partition coefficient (Wildman–Crippen LogP) is 4.43. The second kappa shape index (κ2) is 5.61. The highest BCUT2D eigenvalue weighted by atomic mass is 32.2. The zero-order valence-corrected chi connectivity index (χ0v) is 14.4. The third kappa shape index (κ3) is 2.41. The van der Waals surface area contributed by atoms with Gasteiger partial charge in [-0.15, -0.1) is 0 Å². The molecule has 6 heteroatoms. The second-order valence-electron chi connectivity index (χ2n) is 7.40. The molecule has 4 rings (SSSR count). The summed E-state index contributed by atoms with van der Waals surface area (Å²) in [5, 5.41) is 0.591. The predicted molar refractivity (Wildman–Crippen MR) is 90.1 cm³/mol. The maximum absolute atomic E-state index is 15.0. The van der Waals surface area contributed by atoms with Gasteiger partial charge in [-0.3, -0.25) is 9.78 Å². The first-order valence-electron chi connectivity index (χ1n) is 8.49. The van der Waals surface area contributed by atoms with Crippen molar-refractivity contribution >= 4 is 22.7 Å². The number of fused-ring (bicyclic) bond motifs is 2. The average Bonchev–Trinajstić information content (AvgIpc) is 3.24. The van der Waals surface area contributed by atoms with E-state index in [0.29, 0.717) is 23.3 Å². The zero-order valence-electron chi connectivity index (χ0n) is 13.5. The molecule has 128 valence electrons. The van der Waals surface area contributed by atoms with Crippen LogP contribution in [0.4, 0.5) is 8.78 Å². The fourth-order valence-electron chi connectivity index (χ4n) is 4.50. The molecule has 2 bridgehead atoms. The molecule has 4 atom stereocenters. The molecule has 2 aliphatic carbocycles. The summed E-state index contributed by atoms with van der Waals surface area (Å²) in [4.78, 5) is 20.2. The fraction of sp³-hybridized carbons (Fsp3) is 0.611. The summed E-state index contributed by atoms with van der Waals surface area (Å²) < 4.78 is 28.1. The number of hydrogen-bond acceptors (Lipinski definition) is 3. The Labute approximate surface area is 144 Å².